The van der Waals surface area contributed by atoms with Crippen molar-refractivity contribution >= 4 is 11.6 Å². The van der Waals surface area contributed by atoms with Gasteiger partial charge < -0.3 is 4.74 Å². The molecule has 0 aromatic heterocycles. The van der Waals surface area contributed by atoms with E-state index in [1.165, 1.54) is 18.9 Å². The highest BCUT2D eigenvalue weighted by atomic mass is 35.5. The molecule has 2 rings (SSSR count). The highest BCUT2D eigenvalue weighted by Gasteiger charge is 2.27. The lowest BCUT2D eigenvalue weighted by molar-refractivity contribution is 0.193. The van der Waals surface area contributed by atoms with E-state index < -0.39 is 0 Å². The van der Waals surface area contributed by atoms with E-state index in [9.17, 15) is 4.39 Å². The summed E-state index contributed by atoms with van der Waals surface area (Å²) >= 11 is 5.96. The lowest BCUT2D eigenvalue weighted by atomic mass is 9.96. The Balaban J connectivity index is 1.95. The van der Waals surface area contributed by atoms with Gasteiger partial charge in [0.15, 0.2) is 11.6 Å². The summed E-state index contributed by atoms with van der Waals surface area (Å²) in [4.78, 5) is 0. The lowest BCUT2D eigenvalue weighted by Crippen LogP contribution is -2.13. The molecule has 0 heterocycles. The Morgan fingerprint density at radius 3 is 2.83 bits per heavy atom. The van der Waals surface area contributed by atoms with Gasteiger partial charge in [-0.1, -0.05) is 31.5 Å². The molecule has 0 unspecified atom stereocenters. The number of benzene rings is 1. The van der Waals surface area contributed by atoms with E-state index in [2.05, 4.69) is 13.8 Å². The average molecular weight is 271 g/mol. The fraction of sp³-hybridized carbons (Fsp3) is 0.600. The van der Waals surface area contributed by atoms with Crippen molar-refractivity contribution in [2.24, 2.45) is 11.8 Å². The molecule has 100 valence electrons. The van der Waals surface area contributed by atoms with Gasteiger partial charge in [-0.3, -0.25) is 0 Å². The van der Waals surface area contributed by atoms with Crippen molar-refractivity contribution in [2.75, 3.05) is 0 Å². The van der Waals surface area contributed by atoms with Gasteiger partial charge >= 0.3 is 0 Å². The Hall–Kier alpha value is -0.760. The molecule has 1 aromatic rings. The molecule has 1 nitrogen and oxygen atoms in total. The predicted molar refractivity (Wildman–Crippen MR) is 72.6 cm³/mol. The molecule has 0 radical (unpaired) electrons. The summed E-state index contributed by atoms with van der Waals surface area (Å²) < 4.78 is 19.3. The van der Waals surface area contributed by atoms with Gasteiger partial charge in [0, 0.05) is 0 Å². The molecule has 0 amide bonds. The van der Waals surface area contributed by atoms with Gasteiger partial charge in [-0.2, -0.15) is 0 Å². The zero-order chi connectivity index (χ0) is 13.1. The second kappa shape index (κ2) is 5.92. The van der Waals surface area contributed by atoms with Crippen molar-refractivity contribution in [3.8, 4) is 5.75 Å². The van der Waals surface area contributed by atoms with Crippen LogP contribution in [0.5, 0.6) is 5.75 Å². The fourth-order valence-electron chi connectivity index (χ4n) is 2.78. The first kappa shape index (κ1) is 13.7. The zero-order valence-corrected chi connectivity index (χ0v) is 11.7. The standard InChI is InChI=1S/C15H20ClFO/c1-10(2)8-11-6-7-12(9-11)18-15-13(16)4-3-5-14(15)17/h3-5,10-12H,6-9H2,1-2H3/t11-,12+/m0/s1. The molecule has 18 heavy (non-hydrogen) atoms. The van der Waals surface area contributed by atoms with Crippen LogP contribution in [0.1, 0.15) is 39.5 Å². The molecule has 0 N–H and O–H groups in total. The van der Waals surface area contributed by atoms with Crippen LogP contribution in [0.4, 0.5) is 4.39 Å². The molecule has 3 heteroatoms. The normalized spacial score (nSPS) is 23.6. The number of ether oxygens (including phenoxy) is 1. The molecular weight excluding hydrogens is 251 g/mol. The first-order chi connectivity index (χ1) is 8.56. The summed E-state index contributed by atoms with van der Waals surface area (Å²) in [6, 6.07) is 4.66. The molecule has 1 aliphatic rings. The van der Waals surface area contributed by atoms with Crippen molar-refractivity contribution in [2.45, 2.75) is 45.6 Å². The Bertz CT molecular complexity index is 385. The molecule has 0 spiro atoms. The maximum atomic E-state index is 13.6. The van der Waals surface area contributed by atoms with Crippen molar-refractivity contribution in [3.05, 3.63) is 29.0 Å². The van der Waals surface area contributed by atoms with E-state index in [1.54, 1.807) is 12.1 Å². The number of halogens is 2. The largest absolute Gasteiger partial charge is 0.486 e. The predicted octanol–water partition coefficient (Wildman–Crippen LogP) is 5.07. The van der Waals surface area contributed by atoms with E-state index in [0.29, 0.717) is 16.9 Å². The zero-order valence-electron chi connectivity index (χ0n) is 11.0. The second-order valence-corrected chi connectivity index (χ2v) is 6.01. The third kappa shape index (κ3) is 3.38. The lowest BCUT2D eigenvalue weighted by Gasteiger charge is -2.16. The summed E-state index contributed by atoms with van der Waals surface area (Å²) in [6.07, 6.45) is 4.54. The Morgan fingerprint density at radius 1 is 1.39 bits per heavy atom. The van der Waals surface area contributed by atoms with Gasteiger partial charge in [-0.15, -0.1) is 0 Å². The van der Waals surface area contributed by atoms with Crippen molar-refractivity contribution < 1.29 is 9.13 Å². The fourth-order valence-corrected chi connectivity index (χ4v) is 2.99. The van der Waals surface area contributed by atoms with E-state index in [1.807, 2.05) is 0 Å². The number of hydrogen-bond donors (Lipinski definition) is 0. The van der Waals surface area contributed by atoms with Crippen LogP contribution in [-0.2, 0) is 0 Å². The third-order valence-electron chi connectivity index (χ3n) is 3.50. The second-order valence-electron chi connectivity index (χ2n) is 5.60. The molecule has 1 aliphatic carbocycles. The highest BCUT2D eigenvalue weighted by Crippen LogP contribution is 2.36. The maximum absolute atomic E-state index is 13.6. The van der Waals surface area contributed by atoms with Crippen LogP contribution in [0.3, 0.4) is 0 Å². The van der Waals surface area contributed by atoms with Gasteiger partial charge in [-0.25, -0.2) is 4.39 Å². The monoisotopic (exact) mass is 270 g/mol. The van der Waals surface area contributed by atoms with Crippen LogP contribution in [-0.4, -0.2) is 6.10 Å². The van der Waals surface area contributed by atoms with Crippen LogP contribution in [0, 0.1) is 17.7 Å². The van der Waals surface area contributed by atoms with Crippen molar-refractivity contribution in [1.29, 1.82) is 0 Å². The van der Waals surface area contributed by atoms with Crippen LogP contribution in [0.15, 0.2) is 18.2 Å². The molecule has 2 atom stereocenters. The molecule has 1 saturated carbocycles. The topological polar surface area (TPSA) is 9.23 Å². The van der Waals surface area contributed by atoms with E-state index in [-0.39, 0.29) is 17.7 Å². The quantitative estimate of drug-likeness (QED) is 0.742. The first-order valence-electron chi connectivity index (χ1n) is 6.67. The minimum atomic E-state index is -0.366. The number of rotatable bonds is 4. The van der Waals surface area contributed by atoms with E-state index >= 15 is 0 Å². The molecule has 1 aromatic carbocycles. The first-order valence-corrected chi connectivity index (χ1v) is 7.04. The summed E-state index contributed by atoms with van der Waals surface area (Å²) in [7, 11) is 0. The highest BCUT2D eigenvalue weighted by molar-refractivity contribution is 6.32. The van der Waals surface area contributed by atoms with Crippen molar-refractivity contribution in [3.63, 3.8) is 0 Å². The smallest absolute Gasteiger partial charge is 0.173 e. The van der Waals surface area contributed by atoms with Gasteiger partial charge in [0.05, 0.1) is 11.1 Å². The Labute approximate surface area is 113 Å². The minimum absolute atomic E-state index is 0.114. The van der Waals surface area contributed by atoms with E-state index in [4.69, 9.17) is 16.3 Å². The minimum Gasteiger partial charge on any atom is -0.486 e. The van der Waals surface area contributed by atoms with E-state index in [0.717, 1.165) is 12.8 Å². The maximum Gasteiger partial charge on any atom is 0.173 e. The van der Waals surface area contributed by atoms with Crippen LogP contribution >= 0.6 is 11.6 Å². The molecule has 0 aliphatic heterocycles. The summed E-state index contributed by atoms with van der Waals surface area (Å²) in [5.74, 6) is 1.27. The number of hydrogen-bond acceptors (Lipinski definition) is 1. The van der Waals surface area contributed by atoms with Gasteiger partial charge in [0.25, 0.3) is 0 Å². The van der Waals surface area contributed by atoms with Crippen molar-refractivity contribution in [1.82, 2.24) is 0 Å². The molecular formula is C15H20ClFO. The van der Waals surface area contributed by atoms with Gasteiger partial charge in [0.2, 0.25) is 0 Å². The van der Waals surface area contributed by atoms with Crippen LogP contribution in [0.2, 0.25) is 5.02 Å². The Kier molecular flexibility index (Phi) is 4.50. The SMILES string of the molecule is CC(C)C[C@@H]1CC[C@@H](Oc2c(F)cccc2Cl)C1. The van der Waals surface area contributed by atoms with Crippen LogP contribution in [0.25, 0.3) is 0 Å². The summed E-state index contributed by atoms with van der Waals surface area (Å²) in [6.45, 7) is 4.48. The number of para-hydroxylation sites is 1. The molecule has 0 saturated heterocycles. The van der Waals surface area contributed by atoms with Gasteiger partial charge in [-0.05, 0) is 49.7 Å². The third-order valence-corrected chi connectivity index (χ3v) is 3.80. The molecule has 1 fully saturated rings. The van der Waals surface area contributed by atoms with Gasteiger partial charge in [0.1, 0.15) is 0 Å². The summed E-state index contributed by atoms with van der Waals surface area (Å²) in [5.41, 5.74) is 0. The average Bonchev–Trinajstić information content (AvgIpc) is 2.70. The Morgan fingerprint density at radius 2 is 2.17 bits per heavy atom. The summed E-state index contributed by atoms with van der Waals surface area (Å²) in [5, 5.41) is 0.363. The van der Waals surface area contributed by atoms with Crippen LogP contribution < -0.4 is 4.74 Å². The molecule has 0 bridgehead atoms.